The molecule has 1 atom stereocenters. The first kappa shape index (κ1) is 9.16. The maximum Gasteiger partial charge on any atom is 0.573 e. The van der Waals surface area contributed by atoms with Gasteiger partial charge in [-0.2, -0.15) is 0 Å². The predicted octanol–water partition coefficient (Wildman–Crippen LogP) is 3.00. The molecular formula is C8H9F3O. The average Bonchev–Trinajstić information content (AvgIpc) is 1.91. The number of allylic oxidation sites excluding steroid dienone is 3. The Morgan fingerprint density at radius 2 is 2.17 bits per heavy atom. The van der Waals surface area contributed by atoms with Crippen LogP contribution in [0, 0.1) is 5.92 Å². The molecular weight excluding hydrogens is 169 g/mol. The number of hydrogen-bond donors (Lipinski definition) is 0. The second kappa shape index (κ2) is 3.21. The molecule has 1 rings (SSSR count). The van der Waals surface area contributed by atoms with E-state index in [-0.39, 0.29) is 5.76 Å². The van der Waals surface area contributed by atoms with Gasteiger partial charge in [-0.25, -0.2) is 0 Å². The summed E-state index contributed by atoms with van der Waals surface area (Å²) in [4.78, 5) is 0. The monoisotopic (exact) mass is 178 g/mol. The van der Waals surface area contributed by atoms with Crippen LogP contribution in [0.25, 0.3) is 0 Å². The van der Waals surface area contributed by atoms with E-state index >= 15 is 0 Å². The van der Waals surface area contributed by atoms with Crippen LogP contribution in [0.5, 0.6) is 0 Å². The highest BCUT2D eigenvalue weighted by Crippen LogP contribution is 2.24. The first-order valence-corrected chi connectivity index (χ1v) is 3.61. The fourth-order valence-electron chi connectivity index (χ4n) is 0.917. The summed E-state index contributed by atoms with van der Waals surface area (Å²) >= 11 is 0. The van der Waals surface area contributed by atoms with Crippen LogP contribution in [0.3, 0.4) is 0 Å². The zero-order valence-corrected chi connectivity index (χ0v) is 6.56. The Kier molecular flexibility index (Phi) is 2.45. The Bertz CT molecular complexity index is 215. The highest BCUT2D eigenvalue weighted by molar-refractivity contribution is 5.17. The predicted molar refractivity (Wildman–Crippen MR) is 38.1 cm³/mol. The average molecular weight is 178 g/mol. The minimum Gasteiger partial charge on any atom is -0.406 e. The lowest BCUT2D eigenvalue weighted by Crippen LogP contribution is -2.13. The van der Waals surface area contributed by atoms with Crippen LogP contribution in [0.2, 0.25) is 0 Å². The highest BCUT2D eigenvalue weighted by Gasteiger charge is 2.31. The molecule has 68 valence electrons. The van der Waals surface area contributed by atoms with Crippen molar-refractivity contribution in [3.8, 4) is 0 Å². The van der Waals surface area contributed by atoms with E-state index in [4.69, 9.17) is 0 Å². The Labute approximate surface area is 68.5 Å². The molecule has 12 heavy (non-hydrogen) atoms. The molecule has 0 fully saturated rings. The summed E-state index contributed by atoms with van der Waals surface area (Å²) in [5.41, 5.74) is 0. The van der Waals surface area contributed by atoms with Crippen molar-refractivity contribution in [2.24, 2.45) is 5.92 Å². The minimum absolute atomic E-state index is 0.111. The molecule has 1 aliphatic carbocycles. The molecule has 0 saturated carbocycles. The minimum atomic E-state index is -4.57. The van der Waals surface area contributed by atoms with E-state index in [1.807, 2.05) is 6.92 Å². The highest BCUT2D eigenvalue weighted by atomic mass is 19.4. The molecule has 0 saturated heterocycles. The molecule has 0 aromatic heterocycles. The van der Waals surface area contributed by atoms with E-state index in [0.29, 0.717) is 12.3 Å². The van der Waals surface area contributed by atoms with Crippen LogP contribution in [0.15, 0.2) is 24.0 Å². The van der Waals surface area contributed by atoms with E-state index in [2.05, 4.69) is 4.74 Å². The van der Waals surface area contributed by atoms with Crippen molar-refractivity contribution in [3.05, 3.63) is 24.0 Å². The zero-order chi connectivity index (χ0) is 9.19. The van der Waals surface area contributed by atoms with E-state index in [0.717, 1.165) is 0 Å². The summed E-state index contributed by atoms with van der Waals surface area (Å²) in [6.45, 7) is 1.93. The van der Waals surface area contributed by atoms with Crippen LogP contribution in [0.1, 0.15) is 13.3 Å². The van der Waals surface area contributed by atoms with E-state index < -0.39 is 6.36 Å². The zero-order valence-electron chi connectivity index (χ0n) is 6.56. The van der Waals surface area contributed by atoms with Crippen molar-refractivity contribution in [1.82, 2.24) is 0 Å². The van der Waals surface area contributed by atoms with Crippen LogP contribution in [-0.2, 0) is 4.74 Å². The molecule has 0 aromatic rings. The molecule has 4 heteroatoms. The molecule has 0 aliphatic heterocycles. The quantitative estimate of drug-likeness (QED) is 0.599. The maximum atomic E-state index is 11.6. The van der Waals surface area contributed by atoms with Gasteiger partial charge in [0.25, 0.3) is 0 Å². The second-order valence-electron chi connectivity index (χ2n) is 2.73. The number of rotatable bonds is 1. The fraction of sp³-hybridized carbons (Fsp3) is 0.500. The Morgan fingerprint density at radius 3 is 2.58 bits per heavy atom. The van der Waals surface area contributed by atoms with E-state index in [9.17, 15) is 13.2 Å². The summed E-state index contributed by atoms with van der Waals surface area (Å²) in [5, 5.41) is 0. The number of halogens is 3. The smallest absolute Gasteiger partial charge is 0.406 e. The number of alkyl halides is 3. The SMILES string of the molecule is C[C@@H]1C=CC(OC(F)(F)F)=CC1. The first-order valence-electron chi connectivity index (χ1n) is 3.61. The van der Waals surface area contributed by atoms with E-state index in [1.165, 1.54) is 12.2 Å². The van der Waals surface area contributed by atoms with Gasteiger partial charge in [0.2, 0.25) is 0 Å². The van der Waals surface area contributed by atoms with Gasteiger partial charge >= 0.3 is 6.36 Å². The van der Waals surface area contributed by atoms with Gasteiger partial charge in [0.1, 0.15) is 5.76 Å². The topological polar surface area (TPSA) is 9.23 Å². The summed E-state index contributed by atoms with van der Waals surface area (Å²) in [6, 6.07) is 0. The largest absolute Gasteiger partial charge is 0.573 e. The standard InChI is InChI=1S/C8H9F3O/c1-6-2-4-7(5-3-6)12-8(9,10)11/h2,4-6H,3H2,1H3/t6-/m1/s1. The lowest BCUT2D eigenvalue weighted by molar-refractivity contribution is -0.303. The molecule has 0 radical (unpaired) electrons. The van der Waals surface area contributed by atoms with Gasteiger partial charge in [-0.15, -0.1) is 13.2 Å². The summed E-state index contributed by atoms with van der Waals surface area (Å²) in [5.74, 6) is 0.186. The summed E-state index contributed by atoms with van der Waals surface area (Å²) in [7, 11) is 0. The van der Waals surface area contributed by atoms with Crippen molar-refractivity contribution in [2.45, 2.75) is 19.7 Å². The molecule has 0 unspecified atom stereocenters. The third kappa shape index (κ3) is 2.98. The van der Waals surface area contributed by atoms with Crippen LogP contribution >= 0.6 is 0 Å². The normalized spacial score (nSPS) is 23.7. The van der Waals surface area contributed by atoms with Crippen LogP contribution in [0.4, 0.5) is 13.2 Å². The lowest BCUT2D eigenvalue weighted by Gasteiger charge is -2.14. The van der Waals surface area contributed by atoms with Gasteiger partial charge in [0.15, 0.2) is 0 Å². The molecule has 1 nitrogen and oxygen atoms in total. The third-order valence-corrected chi connectivity index (χ3v) is 1.51. The lowest BCUT2D eigenvalue weighted by atomic mass is 10.0. The second-order valence-corrected chi connectivity index (χ2v) is 2.73. The fourth-order valence-corrected chi connectivity index (χ4v) is 0.917. The van der Waals surface area contributed by atoms with Crippen LogP contribution in [-0.4, -0.2) is 6.36 Å². The molecule has 0 amide bonds. The summed E-state index contributed by atoms with van der Waals surface area (Å²) in [6.07, 6.45) is 0.513. The molecule has 0 N–H and O–H groups in total. The number of hydrogen-bond acceptors (Lipinski definition) is 1. The van der Waals surface area contributed by atoms with Gasteiger partial charge in [0, 0.05) is 0 Å². The van der Waals surface area contributed by atoms with Crippen molar-refractivity contribution in [1.29, 1.82) is 0 Å². The van der Waals surface area contributed by atoms with Crippen molar-refractivity contribution < 1.29 is 17.9 Å². The Morgan fingerprint density at radius 1 is 1.50 bits per heavy atom. The van der Waals surface area contributed by atoms with Gasteiger partial charge < -0.3 is 4.74 Å². The molecule has 0 bridgehead atoms. The van der Waals surface area contributed by atoms with Crippen LogP contribution < -0.4 is 0 Å². The Balaban J connectivity index is 2.51. The van der Waals surface area contributed by atoms with Crippen molar-refractivity contribution in [3.63, 3.8) is 0 Å². The van der Waals surface area contributed by atoms with Gasteiger partial charge in [-0.05, 0) is 24.5 Å². The van der Waals surface area contributed by atoms with Gasteiger partial charge in [-0.1, -0.05) is 13.0 Å². The van der Waals surface area contributed by atoms with Gasteiger partial charge in [-0.3, -0.25) is 0 Å². The molecule has 0 heterocycles. The van der Waals surface area contributed by atoms with E-state index in [1.54, 1.807) is 6.08 Å². The molecule has 0 spiro atoms. The van der Waals surface area contributed by atoms with Crippen molar-refractivity contribution >= 4 is 0 Å². The third-order valence-electron chi connectivity index (χ3n) is 1.51. The molecule has 1 aliphatic rings. The first-order chi connectivity index (χ1) is 5.47. The molecule has 0 aromatic carbocycles. The number of ether oxygens (including phenoxy) is 1. The summed E-state index contributed by atoms with van der Waals surface area (Å²) < 4.78 is 38.6. The maximum absolute atomic E-state index is 11.6. The van der Waals surface area contributed by atoms with Gasteiger partial charge in [0.05, 0.1) is 0 Å². The Hall–Kier alpha value is -0.930. The van der Waals surface area contributed by atoms with Crippen molar-refractivity contribution in [2.75, 3.05) is 0 Å².